The molecule has 1 aliphatic rings. The van der Waals surface area contributed by atoms with E-state index in [-0.39, 0.29) is 0 Å². The topological polar surface area (TPSA) is 103 Å². The van der Waals surface area contributed by atoms with Gasteiger partial charge in [0.1, 0.15) is 17.9 Å². The molecule has 1 heterocycles. The standard InChI is InChI=1S/C24H20FN5O3/c1-24(16-7-9-17(25)10-8-16)22(32)30(23(33)27-24)15-21(31)26-18-11-13-20(14-12-18)29-28-19-5-3-2-4-6-19/h2-14H,15H2,1H3,(H,26,31)(H,27,33). The Morgan fingerprint density at radius 2 is 1.55 bits per heavy atom. The monoisotopic (exact) mass is 445 g/mol. The summed E-state index contributed by atoms with van der Waals surface area (Å²) < 4.78 is 13.2. The summed E-state index contributed by atoms with van der Waals surface area (Å²) >= 11 is 0. The highest BCUT2D eigenvalue weighted by Gasteiger charge is 2.49. The summed E-state index contributed by atoms with van der Waals surface area (Å²) in [5.74, 6) is -1.59. The van der Waals surface area contributed by atoms with Crippen molar-refractivity contribution >= 4 is 34.9 Å². The highest BCUT2D eigenvalue weighted by molar-refractivity contribution is 6.10. The van der Waals surface area contributed by atoms with E-state index >= 15 is 0 Å². The SMILES string of the molecule is CC1(c2ccc(F)cc2)NC(=O)N(CC(=O)Nc2ccc(N=Nc3ccccc3)cc2)C1=O. The molecule has 9 heteroatoms. The van der Waals surface area contributed by atoms with Crippen LogP contribution in [0.2, 0.25) is 0 Å². The van der Waals surface area contributed by atoms with E-state index in [4.69, 9.17) is 0 Å². The molecule has 1 fully saturated rings. The first-order chi connectivity index (χ1) is 15.8. The zero-order valence-corrected chi connectivity index (χ0v) is 17.7. The van der Waals surface area contributed by atoms with E-state index in [0.29, 0.717) is 16.9 Å². The van der Waals surface area contributed by atoms with Gasteiger partial charge in [0.2, 0.25) is 5.91 Å². The molecule has 0 aliphatic carbocycles. The number of nitrogens with one attached hydrogen (secondary N) is 2. The number of amides is 4. The van der Waals surface area contributed by atoms with Crippen molar-refractivity contribution in [2.45, 2.75) is 12.5 Å². The molecule has 1 unspecified atom stereocenters. The quantitative estimate of drug-likeness (QED) is 0.426. The van der Waals surface area contributed by atoms with Gasteiger partial charge in [-0.1, -0.05) is 30.3 Å². The lowest BCUT2D eigenvalue weighted by Crippen LogP contribution is -2.42. The Morgan fingerprint density at radius 1 is 0.939 bits per heavy atom. The number of hydrogen-bond donors (Lipinski definition) is 2. The minimum Gasteiger partial charge on any atom is -0.325 e. The van der Waals surface area contributed by atoms with Gasteiger partial charge in [-0.25, -0.2) is 9.18 Å². The van der Waals surface area contributed by atoms with Crippen LogP contribution in [0.5, 0.6) is 0 Å². The predicted octanol–water partition coefficient (Wildman–Crippen LogP) is 4.65. The van der Waals surface area contributed by atoms with Crippen LogP contribution >= 0.6 is 0 Å². The molecule has 2 N–H and O–H groups in total. The van der Waals surface area contributed by atoms with E-state index in [1.807, 2.05) is 30.3 Å². The fourth-order valence-electron chi connectivity index (χ4n) is 3.39. The molecule has 166 valence electrons. The van der Waals surface area contributed by atoms with Gasteiger partial charge >= 0.3 is 6.03 Å². The molecule has 0 radical (unpaired) electrons. The Bertz CT molecular complexity index is 1210. The summed E-state index contributed by atoms with van der Waals surface area (Å²) in [6.45, 7) is 1.05. The van der Waals surface area contributed by atoms with Gasteiger partial charge < -0.3 is 10.6 Å². The van der Waals surface area contributed by atoms with Crippen LogP contribution in [0, 0.1) is 5.82 Å². The second-order valence-electron chi connectivity index (χ2n) is 7.58. The molecule has 1 aliphatic heterocycles. The van der Waals surface area contributed by atoms with Crippen molar-refractivity contribution in [2.24, 2.45) is 10.2 Å². The average Bonchev–Trinajstić information content (AvgIpc) is 3.03. The summed E-state index contributed by atoms with van der Waals surface area (Å²) in [6, 6.07) is 20.5. The second-order valence-corrected chi connectivity index (χ2v) is 7.58. The van der Waals surface area contributed by atoms with E-state index in [9.17, 15) is 18.8 Å². The van der Waals surface area contributed by atoms with E-state index < -0.39 is 35.7 Å². The van der Waals surface area contributed by atoms with Gasteiger partial charge in [-0.15, -0.1) is 0 Å². The first-order valence-electron chi connectivity index (χ1n) is 10.1. The lowest BCUT2D eigenvalue weighted by Gasteiger charge is -2.22. The third kappa shape index (κ3) is 4.77. The van der Waals surface area contributed by atoms with Gasteiger partial charge in [-0.3, -0.25) is 14.5 Å². The van der Waals surface area contributed by atoms with Crippen molar-refractivity contribution in [3.05, 3.63) is 90.2 Å². The number of benzene rings is 3. The van der Waals surface area contributed by atoms with Crippen LogP contribution in [0.25, 0.3) is 0 Å². The Morgan fingerprint density at radius 3 is 2.18 bits per heavy atom. The molecule has 8 nitrogen and oxygen atoms in total. The van der Waals surface area contributed by atoms with E-state index in [0.717, 1.165) is 10.6 Å². The molecular weight excluding hydrogens is 425 g/mol. The Labute approximate surface area is 189 Å². The maximum atomic E-state index is 13.2. The summed E-state index contributed by atoms with van der Waals surface area (Å²) in [5.41, 5.74) is 0.839. The molecule has 4 amide bonds. The van der Waals surface area contributed by atoms with Gasteiger partial charge in [0.05, 0.1) is 11.4 Å². The van der Waals surface area contributed by atoms with Gasteiger partial charge in [0.25, 0.3) is 5.91 Å². The Balaban J connectivity index is 1.38. The second kappa shape index (κ2) is 8.99. The van der Waals surface area contributed by atoms with E-state index in [1.165, 1.54) is 31.2 Å². The summed E-state index contributed by atoms with van der Waals surface area (Å²) in [6.07, 6.45) is 0. The third-order valence-corrected chi connectivity index (χ3v) is 5.19. The minimum absolute atomic E-state index is 0.422. The van der Waals surface area contributed by atoms with Gasteiger partial charge in [0.15, 0.2) is 0 Å². The van der Waals surface area contributed by atoms with Crippen LogP contribution in [0.4, 0.5) is 26.2 Å². The van der Waals surface area contributed by atoms with Crippen molar-refractivity contribution in [3.63, 3.8) is 0 Å². The van der Waals surface area contributed by atoms with Crippen molar-refractivity contribution in [2.75, 3.05) is 11.9 Å². The number of imide groups is 1. The number of anilines is 1. The maximum Gasteiger partial charge on any atom is 0.325 e. The molecule has 0 bridgehead atoms. The zero-order chi connectivity index (χ0) is 23.4. The molecule has 33 heavy (non-hydrogen) atoms. The largest absolute Gasteiger partial charge is 0.325 e. The molecule has 1 atom stereocenters. The van der Waals surface area contributed by atoms with E-state index in [1.54, 1.807) is 24.3 Å². The van der Waals surface area contributed by atoms with Gasteiger partial charge in [-0.05, 0) is 61.0 Å². The van der Waals surface area contributed by atoms with Gasteiger partial charge in [-0.2, -0.15) is 10.2 Å². The highest BCUT2D eigenvalue weighted by Crippen LogP contribution is 2.29. The minimum atomic E-state index is -1.38. The number of urea groups is 1. The van der Waals surface area contributed by atoms with Crippen molar-refractivity contribution < 1.29 is 18.8 Å². The zero-order valence-electron chi connectivity index (χ0n) is 17.7. The molecule has 1 saturated heterocycles. The molecule has 3 aromatic rings. The van der Waals surface area contributed by atoms with Crippen molar-refractivity contribution in [1.29, 1.82) is 0 Å². The van der Waals surface area contributed by atoms with Crippen LogP contribution in [0.3, 0.4) is 0 Å². The number of carbonyl (C=O) groups is 3. The molecule has 0 spiro atoms. The molecule has 0 saturated carbocycles. The van der Waals surface area contributed by atoms with Crippen LogP contribution in [0.1, 0.15) is 12.5 Å². The lowest BCUT2D eigenvalue weighted by atomic mass is 9.92. The lowest BCUT2D eigenvalue weighted by molar-refractivity contribution is -0.133. The fraction of sp³-hybridized carbons (Fsp3) is 0.125. The number of rotatable bonds is 6. The average molecular weight is 445 g/mol. The first kappa shape index (κ1) is 21.8. The molecule has 3 aromatic carbocycles. The first-order valence-corrected chi connectivity index (χ1v) is 10.1. The number of halogens is 1. The van der Waals surface area contributed by atoms with Gasteiger partial charge in [0, 0.05) is 5.69 Å². The van der Waals surface area contributed by atoms with Crippen LogP contribution in [-0.4, -0.2) is 29.3 Å². The number of carbonyl (C=O) groups excluding carboxylic acids is 3. The smallest absolute Gasteiger partial charge is 0.325 e. The fourth-order valence-corrected chi connectivity index (χ4v) is 3.39. The Hall–Kier alpha value is -4.40. The number of hydrogen-bond acceptors (Lipinski definition) is 5. The molecular formula is C24H20FN5O3. The summed E-state index contributed by atoms with van der Waals surface area (Å²) in [7, 11) is 0. The number of nitrogens with zero attached hydrogens (tertiary/aromatic N) is 3. The molecule has 4 rings (SSSR count). The van der Waals surface area contributed by atoms with Crippen molar-refractivity contribution in [3.8, 4) is 0 Å². The van der Waals surface area contributed by atoms with Crippen molar-refractivity contribution in [1.82, 2.24) is 10.2 Å². The van der Waals surface area contributed by atoms with Crippen LogP contribution in [-0.2, 0) is 15.1 Å². The Kier molecular flexibility index (Phi) is 5.95. The number of azo groups is 1. The third-order valence-electron chi connectivity index (χ3n) is 5.19. The van der Waals surface area contributed by atoms with E-state index in [2.05, 4.69) is 20.9 Å². The van der Waals surface area contributed by atoms with Crippen LogP contribution in [0.15, 0.2) is 89.1 Å². The summed E-state index contributed by atoms with van der Waals surface area (Å²) in [5, 5.41) is 13.5. The maximum absolute atomic E-state index is 13.2. The predicted molar refractivity (Wildman–Crippen MR) is 120 cm³/mol. The summed E-state index contributed by atoms with van der Waals surface area (Å²) in [4.78, 5) is 38.6. The highest BCUT2D eigenvalue weighted by atomic mass is 19.1. The van der Waals surface area contributed by atoms with Crippen LogP contribution < -0.4 is 10.6 Å². The molecule has 0 aromatic heterocycles. The normalized spacial score (nSPS) is 17.9.